The van der Waals surface area contributed by atoms with Crippen LogP contribution in [-0.2, 0) is 11.2 Å². The predicted octanol–water partition coefficient (Wildman–Crippen LogP) is 3.92. The first-order chi connectivity index (χ1) is 12.2. The number of carbonyl (C=O) groups is 1. The molecule has 1 aromatic heterocycles. The molecule has 4 nitrogen and oxygen atoms in total. The molecule has 1 aromatic carbocycles. The van der Waals surface area contributed by atoms with Gasteiger partial charge in [-0.3, -0.25) is 9.78 Å². The normalized spacial score (nSPS) is 13.6. The lowest BCUT2D eigenvalue weighted by atomic mass is 9.95. The summed E-state index contributed by atoms with van der Waals surface area (Å²) in [5.74, 6) is 1.09. The number of rotatable bonds is 7. The largest absolute Gasteiger partial charge is 0.493 e. The first kappa shape index (κ1) is 17.2. The van der Waals surface area contributed by atoms with Gasteiger partial charge in [0.2, 0.25) is 5.91 Å². The fourth-order valence-corrected chi connectivity index (χ4v) is 3.34. The summed E-state index contributed by atoms with van der Waals surface area (Å²) < 4.78 is 5.62. The van der Waals surface area contributed by atoms with E-state index in [0.717, 1.165) is 29.9 Å². The van der Waals surface area contributed by atoms with E-state index in [1.54, 1.807) is 12.3 Å². The van der Waals surface area contributed by atoms with Gasteiger partial charge in [-0.05, 0) is 48.2 Å². The van der Waals surface area contributed by atoms with Crippen molar-refractivity contribution in [3.05, 3.63) is 72.1 Å². The molecule has 2 heterocycles. The van der Waals surface area contributed by atoms with Crippen LogP contribution in [0.15, 0.2) is 55.4 Å². The molecule has 0 radical (unpaired) electrons. The third-order valence-electron chi connectivity index (χ3n) is 4.56. The van der Waals surface area contributed by atoms with Gasteiger partial charge < -0.3 is 9.64 Å². The number of benzene rings is 1. The van der Waals surface area contributed by atoms with Crippen molar-refractivity contribution in [1.82, 2.24) is 9.88 Å². The number of hydrogen-bond donors (Lipinski definition) is 0. The Labute approximate surface area is 149 Å². The Kier molecular flexibility index (Phi) is 5.49. The molecular weight excluding hydrogens is 312 g/mol. The Morgan fingerprint density at radius 3 is 3.00 bits per heavy atom. The smallest absolute Gasteiger partial charge is 0.223 e. The van der Waals surface area contributed by atoms with Crippen LogP contribution in [0.5, 0.6) is 5.75 Å². The van der Waals surface area contributed by atoms with Crippen LogP contribution in [0.25, 0.3) is 0 Å². The lowest BCUT2D eigenvalue weighted by molar-refractivity contribution is -0.132. The van der Waals surface area contributed by atoms with Crippen molar-refractivity contribution in [2.75, 3.05) is 13.2 Å². The van der Waals surface area contributed by atoms with Crippen molar-refractivity contribution in [3.63, 3.8) is 0 Å². The zero-order valence-electron chi connectivity index (χ0n) is 14.6. The molecule has 0 saturated carbocycles. The molecule has 0 N–H and O–H groups in total. The number of pyridine rings is 1. The minimum absolute atomic E-state index is 0.132. The van der Waals surface area contributed by atoms with E-state index in [1.807, 2.05) is 36.2 Å². The predicted molar refractivity (Wildman–Crippen MR) is 98.5 cm³/mol. The number of fused-ring (bicyclic) bond motifs is 1. The molecule has 1 atom stereocenters. The topological polar surface area (TPSA) is 42.4 Å². The molecule has 25 heavy (non-hydrogen) atoms. The highest BCUT2D eigenvalue weighted by Crippen LogP contribution is 2.34. The summed E-state index contributed by atoms with van der Waals surface area (Å²) in [6.45, 7) is 7.11. The number of nitrogens with zero attached hydrogens (tertiary/aromatic N) is 2. The summed E-state index contributed by atoms with van der Waals surface area (Å²) in [5, 5.41) is 0. The molecule has 1 amide bonds. The molecule has 0 saturated heterocycles. The van der Waals surface area contributed by atoms with Gasteiger partial charge in [0, 0.05) is 31.8 Å². The fourth-order valence-electron chi connectivity index (χ4n) is 3.34. The molecule has 3 rings (SSSR count). The summed E-state index contributed by atoms with van der Waals surface area (Å²) in [5.41, 5.74) is 3.34. The van der Waals surface area contributed by atoms with Crippen LogP contribution in [0.4, 0.5) is 0 Å². The van der Waals surface area contributed by atoms with E-state index in [9.17, 15) is 4.79 Å². The van der Waals surface area contributed by atoms with Gasteiger partial charge in [-0.15, -0.1) is 6.58 Å². The average molecular weight is 336 g/mol. The maximum Gasteiger partial charge on any atom is 0.223 e. The number of hydrogen-bond acceptors (Lipinski definition) is 3. The van der Waals surface area contributed by atoms with Gasteiger partial charge in [-0.2, -0.15) is 0 Å². The number of aromatic nitrogens is 1. The van der Waals surface area contributed by atoms with Crippen LogP contribution >= 0.6 is 0 Å². The van der Waals surface area contributed by atoms with Crippen LogP contribution < -0.4 is 4.74 Å². The Morgan fingerprint density at radius 1 is 1.40 bits per heavy atom. The first-order valence-electron chi connectivity index (χ1n) is 8.80. The van der Waals surface area contributed by atoms with Crippen molar-refractivity contribution < 1.29 is 9.53 Å². The SMILES string of the molecule is C=CCCC(=O)N(CC)[C@@H](c1cccnc1)c1ccc2c(c1)CCO2. The molecule has 1 aliphatic heterocycles. The highest BCUT2D eigenvalue weighted by Gasteiger charge is 2.26. The van der Waals surface area contributed by atoms with E-state index >= 15 is 0 Å². The molecule has 2 aromatic rings. The van der Waals surface area contributed by atoms with Crippen LogP contribution in [0.1, 0.15) is 42.5 Å². The number of amides is 1. The first-order valence-corrected chi connectivity index (χ1v) is 8.80. The summed E-state index contributed by atoms with van der Waals surface area (Å²) >= 11 is 0. The Morgan fingerprint density at radius 2 is 2.28 bits per heavy atom. The molecule has 130 valence electrons. The molecule has 0 spiro atoms. The zero-order chi connectivity index (χ0) is 17.6. The maximum absolute atomic E-state index is 12.8. The van der Waals surface area contributed by atoms with E-state index in [0.29, 0.717) is 19.4 Å². The van der Waals surface area contributed by atoms with E-state index in [-0.39, 0.29) is 11.9 Å². The second-order valence-electron chi connectivity index (χ2n) is 6.16. The van der Waals surface area contributed by atoms with Gasteiger partial charge >= 0.3 is 0 Å². The second-order valence-corrected chi connectivity index (χ2v) is 6.16. The van der Waals surface area contributed by atoms with Gasteiger partial charge in [0.05, 0.1) is 12.6 Å². The van der Waals surface area contributed by atoms with Gasteiger partial charge in [0.25, 0.3) is 0 Å². The van der Waals surface area contributed by atoms with Gasteiger partial charge in [-0.1, -0.05) is 18.2 Å². The third kappa shape index (κ3) is 3.73. The third-order valence-corrected chi connectivity index (χ3v) is 4.56. The minimum Gasteiger partial charge on any atom is -0.493 e. The van der Waals surface area contributed by atoms with Crippen molar-refractivity contribution >= 4 is 5.91 Å². The zero-order valence-corrected chi connectivity index (χ0v) is 14.6. The minimum atomic E-state index is -0.137. The molecule has 0 aliphatic carbocycles. The molecule has 0 unspecified atom stereocenters. The fraction of sp³-hybridized carbons (Fsp3) is 0.333. The number of allylic oxidation sites excluding steroid dienone is 1. The Hall–Kier alpha value is -2.62. The lowest BCUT2D eigenvalue weighted by Crippen LogP contribution is -2.35. The summed E-state index contributed by atoms with van der Waals surface area (Å²) in [6.07, 6.45) is 7.47. The maximum atomic E-state index is 12.8. The van der Waals surface area contributed by atoms with E-state index in [4.69, 9.17) is 4.74 Å². The second kappa shape index (κ2) is 7.97. The van der Waals surface area contributed by atoms with Crippen molar-refractivity contribution in [1.29, 1.82) is 0 Å². The lowest BCUT2D eigenvalue weighted by Gasteiger charge is -2.32. The molecule has 4 heteroatoms. The molecule has 1 aliphatic rings. The quantitative estimate of drug-likeness (QED) is 0.720. The molecule has 0 bridgehead atoms. The van der Waals surface area contributed by atoms with E-state index < -0.39 is 0 Å². The molecular formula is C21H24N2O2. The summed E-state index contributed by atoms with van der Waals surface area (Å²) in [4.78, 5) is 19.0. The molecule has 0 fully saturated rings. The van der Waals surface area contributed by atoms with Crippen LogP contribution in [0.2, 0.25) is 0 Å². The average Bonchev–Trinajstić information content (AvgIpc) is 3.12. The van der Waals surface area contributed by atoms with Crippen molar-refractivity contribution in [3.8, 4) is 5.75 Å². The van der Waals surface area contributed by atoms with Crippen LogP contribution in [0.3, 0.4) is 0 Å². The highest BCUT2D eigenvalue weighted by molar-refractivity contribution is 5.77. The van der Waals surface area contributed by atoms with Gasteiger partial charge in [-0.25, -0.2) is 0 Å². The van der Waals surface area contributed by atoms with Crippen LogP contribution in [0, 0.1) is 0 Å². The van der Waals surface area contributed by atoms with E-state index in [2.05, 4.69) is 23.7 Å². The summed E-state index contributed by atoms with van der Waals surface area (Å²) in [6, 6.07) is 10.1. The Bertz CT molecular complexity index is 743. The Balaban J connectivity index is 2.00. The monoisotopic (exact) mass is 336 g/mol. The van der Waals surface area contributed by atoms with Crippen molar-refractivity contribution in [2.45, 2.75) is 32.2 Å². The van der Waals surface area contributed by atoms with E-state index in [1.165, 1.54) is 5.56 Å². The highest BCUT2D eigenvalue weighted by atomic mass is 16.5. The van der Waals surface area contributed by atoms with Crippen molar-refractivity contribution in [2.24, 2.45) is 0 Å². The standard InChI is InChI=1S/C21H24N2O2/c1-3-5-8-20(24)23(4-2)21(18-7-6-12-22-15-18)17-9-10-19-16(14-17)11-13-25-19/h3,6-7,9-10,12,14-15,21H,1,4-5,8,11,13H2,2H3/t21-/m1/s1. The summed E-state index contributed by atoms with van der Waals surface area (Å²) in [7, 11) is 0. The van der Waals surface area contributed by atoms with Crippen LogP contribution in [-0.4, -0.2) is 28.9 Å². The van der Waals surface area contributed by atoms with Gasteiger partial charge in [0.15, 0.2) is 0 Å². The van der Waals surface area contributed by atoms with Gasteiger partial charge in [0.1, 0.15) is 5.75 Å². The number of ether oxygens (including phenoxy) is 1. The number of carbonyl (C=O) groups excluding carboxylic acids is 1.